The summed E-state index contributed by atoms with van der Waals surface area (Å²) in [6.07, 6.45) is -0.425. The second kappa shape index (κ2) is 4.29. The molecule has 0 atom stereocenters. The zero-order chi connectivity index (χ0) is 14.4. The van der Waals surface area contributed by atoms with Gasteiger partial charge in [-0.2, -0.15) is 0 Å². The van der Waals surface area contributed by atoms with Crippen molar-refractivity contribution in [3.05, 3.63) is 22.5 Å². The van der Waals surface area contributed by atoms with Crippen molar-refractivity contribution < 1.29 is 19.4 Å². The molecule has 0 aromatic carbocycles. The normalized spacial score (nSPS) is 14.4. The summed E-state index contributed by atoms with van der Waals surface area (Å²) in [6.45, 7) is 7.75. The van der Waals surface area contributed by atoms with Gasteiger partial charge in [-0.1, -0.05) is 0 Å². The van der Waals surface area contributed by atoms with Crippen LogP contribution in [0.25, 0.3) is 0 Å². The summed E-state index contributed by atoms with van der Waals surface area (Å²) in [7, 11) is 0. The fraction of sp³-hybridized carbons (Fsp3) is 0.538. The number of aromatic carboxylic acids is 1. The van der Waals surface area contributed by atoms with E-state index in [4.69, 9.17) is 4.74 Å². The number of ether oxygens (including phenoxy) is 1. The van der Waals surface area contributed by atoms with E-state index in [1.165, 1.54) is 4.90 Å². The third kappa shape index (κ3) is 2.57. The molecule has 0 aliphatic carbocycles. The van der Waals surface area contributed by atoms with Crippen molar-refractivity contribution in [3.8, 4) is 0 Å². The van der Waals surface area contributed by atoms with E-state index in [0.717, 1.165) is 5.69 Å². The summed E-state index contributed by atoms with van der Waals surface area (Å²) in [5.74, 6) is -0.971. The van der Waals surface area contributed by atoms with Crippen LogP contribution in [0.5, 0.6) is 0 Å². The van der Waals surface area contributed by atoms with Crippen LogP contribution in [-0.2, 0) is 17.8 Å². The average molecular weight is 266 g/mol. The molecule has 2 heterocycles. The van der Waals surface area contributed by atoms with Gasteiger partial charge in [0.2, 0.25) is 0 Å². The molecule has 1 amide bonds. The highest BCUT2D eigenvalue weighted by molar-refractivity contribution is 5.91. The van der Waals surface area contributed by atoms with Crippen LogP contribution in [0.4, 0.5) is 4.79 Å². The van der Waals surface area contributed by atoms with Gasteiger partial charge >= 0.3 is 12.1 Å². The van der Waals surface area contributed by atoms with Crippen LogP contribution in [0.15, 0.2) is 0 Å². The van der Waals surface area contributed by atoms with Gasteiger partial charge in [0.25, 0.3) is 0 Å². The summed E-state index contributed by atoms with van der Waals surface area (Å²) < 4.78 is 5.28. The van der Waals surface area contributed by atoms with Gasteiger partial charge in [0, 0.05) is 17.0 Å². The van der Waals surface area contributed by atoms with Gasteiger partial charge in [-0.3, -0.25) is 4.90 Å². The van der Waals surface area contributed by atoms with Crippen LogP contribution < -0.4 is 0 Å². The summed E-state index contributed by atoms with van der Waals surface area (Å²) in [5, 5.41) is 9.18. The number of fused-ring (bicyclic) bond motifs is 1. The number of carbonyl (C=O) groups is 2. The molecule has 0 saturated heterocycles. The van der Waals surface area contributed by atoms with Crippen LogP contribution in [0, 0.1) is 6.92 Å². The first kappa shape index (κ1) is 13.5. The lowest BCUT2D eigenvalue weighted by molar-refractivity contribution is 0.0238. The molecule has 19 heavy (non-hydrogen) atoms. The molecule has 0 radical (unpaired) electrons. The molecule has 0 spiro atoms. The van der Waals surface area contributed by atoms with Gasteiger partial charge in [0.1, 0.15) is 5.60 Å². The van der Waals surface area contributed by atoms with Gasteiger partial charge in [-0.25, -0.2) is 9.59 Å². The Labute approximate surface area is 111 Å². The number of H-pyrrole nitrogens is 1. The topological polar surface area (TPSA) is 82.6 Å². The van der Waals surface area contributed by atoms with Gasteiger partial charge < -0.3 is 14.8 Å². The number of rotatable bonds is 1. The lowest BCUT2D eigenvalue weighted by Crippen LogP contribution is -2.33. The van der Waals surface area contributed by atoms with E-state index in [9.17, 15) is 14.7 Å². The van der Waals surface area contributed by atoms with E-state index < -0.39 is 17.7 Å². The summed E-state index contributed by atoms with van der Waals surface area (Å²) in [4.78, 5) is 27.7. The average Bonchev–Trinajstić information content (AvgIpc) is 2.69. The van der Waals surface area contributed by atoms with Crippen LogP contribution in [-0.4, -0.2) is 32.7 Å². The highest BCUT2D eigenvalue weighted by Gasteiger charge is 2.33. The number of nitrogens with zero attached hydrogens (tertiary/aromatic N) is 1. The molecule has 1 aromatic heterocycles. The molecule has 2 N–H and O–H groups in total. The standard InChI is InChI=1S/C13H18N2O4/c1-7-10(11(16)17)8-5-15(6-9(8)14-7)12(18)19-13(2,3)4/h14H,5-6H2,1-4H3,(H,16,17). The molecular weight excluding hydrogens is 248 g/mol. The van der Waals surface area contributed by atoms with Gasteiger partial charge in [0.05, 0.1) is 18.7 Å². The molecule has 1 aromatic rings. The molecule has 6 nitrogen and oxygen atoms in total. The number of carboxylic acids is 1. The quantitative estimate of drug-likeness (QED) is 0.816. The Bertz CT molecular complexity index is 540. The van der Waals surface area contributed by atoms with Crippen LogP contribution in [0.1, 0.15) is 48.1 Å². The Hall–Kier alpha value is -1.98. The van der Waals surface area contributed by atoms with E-state index >= 15 is 0 Å². The summed E-state index contributed by atoms with van der Waals surface area (Å²) in [6, 6.07) is 0. The Morgan fingerprint density at radius 3 is 2.47 bits per heavy atom. The molecule has 0 saturated carbocycles. The van der Waals surface area contributed by atoms with E-state index in [-0.39, 0.29) is 12.1 Å². The Balaban J connectivity index is 2.17. The third-order valence-corrected chi connectivity index (χ3v) is 2.94. The first-order chi connectivity index (χ1) is 8.69. The van der Waals surface area contributed by atoms with E-state index in [1.54, 1.807) is 27.7 Å². The first-order valence-electron chi connectivity index (χ1n) is 6.10. The Kier molecular flexibility index (Phi) is 3.04. The van der Waals surface area contributed by atoms with Crippen molar-refractivity contribution in [2.24, 2.45) is 0 Å². The lowest BCUT2D eigenvalue weighted by atomic mass is 10.1. The maximum Gasteiger partial charge on any atom is 0.410 e. The van der Waals surface area contributed by atoms with Crippen molar-refractivity contribution in [3.63, 3.8) is 0 Å². The van der Waals surface area contributed by atoms with Crippen LogP contribution in [0.2, 0.25) is 0 Å². The Morgan fingerprint density at radius 2 is 1.95 bits per heavy atom. The van der Waals surface area contributed by atoms with Crippen molar-refractivity contribution in [2.45, 2.75) is 46.4 Å². The second-order valence-electron chi connectivity index (χ2n) is 5.72. The molecule has 0 unspecified atom stereocenters. The van der Waals surface area contributed by atoms with Crippen LogP contribution >= 0.6 is 0 Å². The monoisotopic (exact) mass is 266 g/mol. The van der Waals surface area contributed by atoms with Crippen molar-refractivity contribution in [2.75, 3.05) is 0 Å². The van der Waals surface area contributed by atoms with Crippen molar-refractivity contribution in [1.29, 1.82) is 0 Å². The third-order valence-electron chi connectivity index (χ3n) is 2.94. The molecule has 0 fully saturated rings. The fourth-order valence-electron chi connectivity index (χ4n) is 2.23. The number of hydrogen-bond donors (Lipinski definition) is 2. The van der Waals surface area contributed by atoms with E-state index in [1.807, 2.05) is 0 Å². The Morgan fingerprint density at radius 1 is 1.32 bits per heavy atom. The van der Waals surface area contributed by atoms with Crippen molar-refractivity contribution >= 4 is 12.1 Å². The molecule has 6 heteroatoms. The lowest BCUT2D eigenvalue weighted by Gasteiger charge is -2.24. The number of aromatic nitrogens is 1. The smallest absolute Gasteiger partial charge is 0.410 e. The van der Waals surface area contributed by atoms with E-state index in [0.29, 0.717) is 17.8 Å². The zero-order valence-electron chi connectivity index (χ0n) is 11.5. The molecule has 1 aliphatic rings. The van der Waals surface area contributed by atoms with E-state index in [2.05, 4.69) is 4.98 Å². The predicted molar refractivity (Wildman–Crippen MR) is 68.0 cm³/mol. The number of nitrogens with one attached hydrogen (secondary N) is 1. The predicted octanol–water partition coefficient (Wildman–Crippen LogP) is 2.27. The SMILES string of the molecule is Cc1[nH]c2c(c1C(=O)O)CN(C(=O)OC(C)(C)C)C2. The number of hydrogen-bond acceptors (Lipinski definition) is 3. The number of aromatic amines is 1. The van der Waals surface area contributed by atoms with Crippen LogP contribution in [0.3, 0.4) is 0 Å². The molecular formula is C13H18N2O4. The highest BCUT2D eigenvalue weighted by atomic mass is 16.6. The summed E-state index contributed by atoms with van der Waals surface area (Å²) in [5.41, 5.74) is 1.79. The van der Waals surface area contributed by atoms with Gasteiger partial charge in [-0.15, -0.1) is 0 Å². The molecule has 1 aliphatic heterocycles. The minimum Gasteiger partial charge on any atom is -0.478 e. The molecule has 104 valence electrons. The maximum atomic E-state index is 11.9. The number of carboxylic acid groups (broad SMARTS) is 1. The molecule has 2 rings (SSSR count). The number of aryl methyl sites for hydroxylation is 1. The maximum absolute atomic E-state index is 11.9. The van der Waals surface area contributed by atoms with Crippen molar-refractivity contribution in [1.82, 2.24) is 9.88 Å². The first-order valence-corrected chi connectivity index (χ1v) is 6.10. The minimum absolute atomic E-state index is 0.265. The largest absolute Gasteiger partial charge is 0.478 e. The zero-order valence-corrected chi connectivity index (χ0v) is 11.5. The summed E-state index contributed by atoms with van der Waals surface area (Å²) >= 11 is 0. The van der Waals surface area contributed by atoms with Gasteiger partial charge in [0.15, 0.2) is 0 Å². The second-order valence-corrected chi connectivity index (χ2v) is 5.72. The highest BCUT2D eigenvalue weighted by Crippen LogP contribution is 2.29. The number of carbonyl (C=O) groups excluding carboxylic acids is 1. The van der Waals surface area contributed by atoms with Gasteiger partial charge in [-0.05, 0) is 27.7 Å². The number of amides is 1. The minimum atomic E-state index is -0.971. The fourth-order valence-corrected chi connectivity index (χ4v) is 2.23. The molecule has 0 bridgehead atoms.